The second-order valence-corrected chi connectivity index (χ2v) is 30.4. The lowest BCUT2D eigenvalue weighted by Gasteiger charge is -2.21. The zero-order chi connectivity index (χ0) is 69.1. The zero-order valence-corrected chi connectivity index (χ0v) is 62.9. The van der Waals surface area contributed by atoms with E-state index in [4.69, 9.17) is 37.0 Å². The summed E-state index contributed by atoms with van der Waals surface area (Å²) in [6.45, 7) is 7.27. The van der Waals surface area contributed by atoms with Gasteiger partial charge < -0.3 is 33.8 Å². The lowest BCUT2D eigenvalue weighted by molar-refractivity contribution is -0.161. The summed E-state index contributed by atoms with van der Waals surface area (Å²) >= 11 is 0. The first kappa shape index (κ1) is 92.1. The van der Waals surface area contributed by atoms with Gasteiger partial charge in [0, 0.05) is 25.7 Å². The fourth-order valence-electron chi connectivity index (χ4n) is 11.5. The predicted octanol–water partition coefficient (Wildman–Crippen LogP) is 22.1. The molecule has 0 fully saturated rings. The molecular formula is C75H146O17P2. The van der Waals surface area contributed by atoms with Crippen LogP contribution >= 0.6 is 15.6 Å². The fourth-order valence-corrected chi connectivity index (χ4v) is 13.1. The highest BCUT2D eigenvalue weighted by atomic mass is 31.2. The van der Waals surface area contributed by atoms with E-state index in [-0.39, 0.29) is 25.7 Å². The summed E-state index contributed by atoms with van der Waals surface area (Å²) in [4.78, 5) is 72.7. The van der Waals surface area contributed by atoms with Crippen LogP contribution in [0.25, 0.3) is 0 Å². The maximum absolute atomic E-state index is 13.1. The molecule has 0 amide bonds. The molecule has 558 valence electrons. The van der Waals surface area contributed by atoms with E-state index in [1.165, 1.54) is 218 Å². The Balaban J connectivity index is 5.23. The fraction of sp³-hybridized carbons (Fsp3) is 0.947. The maximum Gasteiger partial charge on any atom is 0.472 e. The number of hydrogen-bond acceptors (Lipinski definition) is 15. The third kappa shape index (κ3) is 68.6. The van der Waals surface area contributed by atoms with Crippen LogP contribution < -0.4 is 0 Å². The summed E-state index contributed by atoms with van der Waals surface area (Å²) in [6, 6.07) is 0. The molecule has 0 bridgehead atoms. The molecule has 94 heavy (non-hydrogen) atoms. The molecular weight excluding hydrogens is 1230 g/mol. The molecule has 0 saturated heterocycles. The van der Waals surface area contributed by atoms with E-state index in [2.05, 4.69) is 34.6 Å². The average molecular weight is 1380 g/mol. The Labute approximate surface area is 575 Å². The topological polar surface area (TPSA) is 237 Å². The summed E-state index contributed by atoms with van der Waals surface area (Å²) in [5.41, 5.74) is 0. The van der Waals surface area contributed by atoms with Crippen LogP contribution in [-0.2, 0) is 65.4 Å². The van der Waals surface area contributed by atoms with Gasteiger partial charge in [-0.3, -0.25) is 37.3 Å². The first-order valence-corrected chi connectivity index (χ1v) is 42.1. The van der Waals surface area contributed by atoms with Crippen molar-refractivity contribution in [2.75, 3.05) is 39.6 Å². The van der Waals surface area contributed by atoms with Crippen molar-refractivity contribution in [1.82, 2.24) is 0 Å². The van der Waals surface area contributed by atoms with E-state index in [1.54, 1.807) is 0 Å². The van der Waals surface area contributed by atoms with Crippen LogP contribution in [0.15, 0.2) is 0 Å². The minimum absolute atomic E-state index is 0.106. The summed E-state index contributed by atoms with van der Waals surface area (Å²) < 4.78 is 68.5. The molecule has 0 rings (SSSR count). The van der Waals surface area contributed by atoms with Crippen molar-refractivity contribution < 1.29 is 80.2 Å². The van der Waals surface area contributed by atoms with E-state index in [0.717, 1.165) is 95.8 Å². The van der Waals surface area contributed by atoms with Gasteiger partial charge in [0.15, 0.2) is 12.2 Å². The Morgan fingerprint density at radius 3 is 0.723 bits per heavy atom. The summed E-state index contributed by atoms with van der Waals surface area (Å²) in [7, 11) is -9.91. The third-order valence-corrected chi connectivity index (χ3v) is 19.4. The van der Waals surface area contributed by atoms with Gasteiger partial charge in [-0.1, -0.05) is 343 Å². The quantitative estimate of drug-likeness (QED) is 0.0222. The minimum atomic E-state index is -4.96. The molecule has 0 aromatic rings. The van der Waals surface area contributed by atoms with E-state index in [1.807, 2.05) is 0 Å². The highest BCUT2D eigenvalue weighted by Crippen LogP contribution is 2.45. The van der Waals surface area contributed by atoms with Crippen molar-refractivity contribution in [1.29, 1.82) is 0 Å². The van der Waals surface area contributed by atoms with Crippen LogP contribution in [0.4, 0.5) is 0 Å². The van der Waals surface area contributed by atoms with Crippen molar-refractivity contribution in [2.45, 2.75) is 412 Å². The van der Waals surface area contributed by atoms with Crippen LogP contribution in [0.3, 0.4) is 0 Å². The molecule has 5 atom stereocenters. The van der Waals surface area contributed by atoms with Crippen LogP contribution in [0.5, 0.6) is 0 Å². The summed E-state index contributed by atoms with van der Waals surface area (Å²) in [6.07, 6.45) is 56.8. The number of carbonyl (C=O) groups is 4. The average Bonchev–Trinajstić information content (AvgIpc) is 1.59. The molecule has 19 heteroatoms. The van der Waals surface area contributed by atoms with Gasteiger partial charge in [0.05, 0.1) is 26.4 Å². The molecule has 2 unspecified atom stereocenters. The molecule has 0 aliphatic heterocycles. The van der Waals surface area contributed by atoms with E-state index >= 15 is 0 Å². The van der Waals surface area contributed by atoms with Crippen LogP contribution in [0, 0.1) is 5.92 Å². The normalized spacial score (nSPS) is 14.0. The van der Waals surface area contributed by atoms with Crippen LogP contribution in [0.2, 0.25) is 0 Å². The van der Waals surface area contributed by atoms with Crippen LogP contribution in [0.1, 0.15) is 394 Å². The monoisotopic (exact) mass is 1380 g/mol. The maximum atomic E-state index is 13.1. The smallest absolute Gasteiger partial charge is 0.462 e. The molecule has 0 aliphatic rings. The van der Waals surface area contributed by atoms with Gasteiger partial charge in [-0.15, -0.1) is 0 Å². The molecule has 0 aliphatic carbocycles. The highest BCUT2D eigenvalue weighted by Gasteiger charge is 2.30. The second kappa shape index (κ2) is 68.2. The van der Waals surface area contributed by atoms with Crippen molar-refractivity contribution in [2.24, 2.45) is 5.92 Å². The highest BCUT2D eigenvalue weighted by molar-refractivity contribution is 7.47. The Kier molecular flexibility index (Phi) is 66.8. The van der Waals surface area contributed by atoms with Crippen molar-refractivity contribution in [3.8, 4) is 0 Å². The predicted molar refractivity (Wildman–Crippen MR) is 382 cm³/mol. The Morgan fingerprint density at radius 2 is 0.489 bits per heavy atom. The van der Waals surface area contributed by atoms with Crippen LogP contribution in [-0.4, -0.2) is 96.7 Å². The first-order valence-electron chi connectivity index (χ1n) is 39.1. The Hall–Kier alpha value is -1.94. The number of carbonyl (C=O) groups excluding carboxylic acids is 4. The van der Waals surface area contributed by atoms with Gasteiger partial charge in [-0.2, -0.15) is 0 Å². The van der Waals surface area contributed by atoms with Gasteiger partial charge in [0.2, 0.25) is 0 Å². The van der Waals surface area contributed by atoms with Gasteiger partial charge in [-0.05, 0) is 31.6 Å². The molecule has 0 heterocycles. The number of aliphatic hydroxyl groups is 1. The number of unbranched alkanes of at least 4 members (excludes halogenated alkanes) is 47. The number of aliphatic hydroxyl groups excluding tert-OH is 1. The molecule has 17 nitrogen and oxygen atoms in total. The minimum Gasteiger partial charge on any atom is -0.462 e. The molecule has 3 N–H and O–H groups in total. The number of esters is 4. The number of rotatable bonds is 75. The number of phosphoric ester groups is 2. The van der Waals surface area contributed by atoms with E-state index in [9.17, 15) is 43.2 Å². The number of phosphoric acid groups is 2. The lowest BCUT2D eigenvalue weighted by atomic mass is 10.0. The summed E-state index contributed by atoms with van der Waals surface area (Å²) in [5, 5.41) is 10.6. The standard InChI is InChI=1S/C75H146O17P2/c1-6-9-12-15-18-21-23-25-27-29-31-33-39-44-49-54-59-73(78)86-65-71(91-74(79)60-55-50-45-40-34-32-30-28-26-24-22-19-16-13-10-7-2)67-90-94(83,84)88-63-69(76)62-87-93(81,82)89-66-70(64-85-72(77)58-53-48-43-37-20-17-14-11-8-3)92-75(80)61-56-51-46-41-36-35-38-42-47-52-57-68(4)5/h68-71,76H,6-67H2,1-5H3,(H,81,82)(H,83,84)/t69-,70+,71+/m0/s1. The number of ether oxygens (including phenoxy) is 4. The molecule has 0 aromatic heterocycles. The third-order valence-electron chi connectivity index (χ3n) is 17.5. The van der Waals surface area contributed by atoms with Gasteiger partial charge >= 0.3 is 39.5 Å². The van der Waals surface area contributed by atoms with E-state index in [0.29, 0.717) is 25.7 Å². The van der Waals surface area contributed by atoms with Crippen molar-refractivity contribution in [3.05, 3.63) is 0 Å². The SMILES string of the molecule is CCCCCCCCCCCCCCCCCCC(=O)OC[C@H](COP(=O)(O)OC[C@@H](O)COP(=O)(O)OC[C@@H](COC(=O)CCCCCCCCCCC)OC(=O)CCCCCCCCCCCCC(C)C)OC(=O)CCCCCCCCCCCCCCCCCC. The first-order chi connectivity index (χ1) is 45.5. The van der Waals surface area contributed by atoms with Gasteiger partial charge in [-0.25, -0.2) is 9.13 Å². The Morgan fingerprint density at radius 1 is 0.287 bits per heavy atom. The second-order valence-electron chi connectivity index (χ2n) is 27.5. The molecule has 0 spiro atoms. The van der Waals surface area contributed by atoms with Crippen molar-refractivity contribution in [3.63, 3.8) is 0 Å². The van der Waals surface area contributed by atoms with E-state index < -0.39 is 97.5 Å². The zero-order valence-electron chi connectivity index (χ0n) is 61.1. The lowest BCUT2D eigenvalue weighted by Crippen LogP contribution is -2.30. The van der Waals surface area contributed by atoms with Gasteiger partial charge in [0.1, 0.15) is 19.3 Å². The molecule has 0 saturated carbocycles. The Bertz CT molecular complexity index is 1810. The number of hydrogen-bond donors (Lipinski definition) is 3. The van der Waals surface area contributed by atoms with Gasteiger partial charge in [0.25, 0.3) is 0 Å². The van der Waals surface area contributed by atoms with Crippen molar-refractivity contribution >= 4 is 39.5 Å². The molecule has 0 aromatic carbocycles. The largest absolute Gasteiger partial charge is 0.472 e. The summed E-state index contributed by atoms with van der Waals surface area (Å²) in [5.74, 6) is -1.36. The molecule has 0 radical (unpaired) electrons.